The van der Waals surface area contributed by atoms with Gasteiger partial charge in [0.15, 0.2) is 11.5 Å². The Morgan fingerprint density at radius 3 is 2.61 bits per heavy atom. The number of H-pyrrole nitrogens is 1. The van der Waals surface area contributed by atoms with E-state index in [0.29, 0.717) is 25.6 Å². The van der Waals surface area contributed by atoms with Crippen LogP contribution >= 0.6 is 0 Å². The van der Waals surface area contributed by atoms with Gasteiger partial charge in [0, 0.05) is 38.3 Å². The average molecular weight is 418 g/mol. The predicted octanol–water partition coefficient (Wildman–Crippen LogP) is 3.38. The number of aromatic amines is 1. The third-order valence-electron chi connectivity index (χ3n) is 5.97. The van der Waals surface area contributed by atoms with Crippen molar-refractivity contribution in [3.05, 3.63) is 64.8 Å². The third kappa shape index (κ3) is 4.01. The fraction of sp³-hybridized carbons (Fsp3) is 0.333. The van der Waals surface area contributed by atoms with Gasteiger partial charge in [0.25, 0.3) is 5.91 Å². The molecule has 1 saturated heterocycles. The van der Waals surface area contributed by atoms with Crippen LogP contribution in [0.2, 0.25) is 0 Å². The van der Waals surface area contributed by atoms with E-state index >= 15 is 0 Å². The largest absolute Gasteiger partial charge is 0.454 e. The van der Waals surface area contributed by atoms with Gasteiger partial charge in [-0.25, -0.2) is 0 Å². The maximum absolute atomic E-state index is 13.0. The summed E-state index contributed by atoms with van der Waals surface area (Å²) in [6, 6.07) is 14.2. The molecule has 3 heterocycles. The zero-order chi connectivity index (χ0) is 21.4. The molecule has 1 N–H and O–H groups in total. The Hall–Kier alpha value is -3.32. The molecule has 7 heteroatoms. The Bertz CT molecular complexity index is 1120. The van der Waals surface area contributed by atoms with Crippen molar-refractivity contribution in [3.8, 4) is 22.8 Å². The number of aromatic nitrogens is 2. The number of rotatable bonds is 4. The highest BCUT2D eigenvalue weighted by Gasteiger charge is 2.24. The smallest absolute Gasteiger partial charge is 0.271 e. The minimum absolute atomic E-state index is 0.00578. The van der Waals surface area contributed by atoms with E-state index in [1.807, 2.05) is 23.1 Å². The van der Waals surface area contributed by atoms with E-state index in [4.69, 9.17) is 9.47 Å². The Morgan fingerprint density at radius 1 is 1.00 bits per heavy atom. The van der Waals surface area contributed by atoms with Crippen LogP contribution in [0.25, 0.3) is 11.3 Å². The second kappa shape index (κ2) is 8.07. The van der Waals surface area contributed by atoms with Gasteiger partial charge in [-0.05, 0) is 43.2 Å². The standard InChI is InChI=1S/C24H26N4O3/c1-16-3-5-19(17(2)11-16)20-13-21(26-25-20)24(29)28-9-7-27(8-10-28)14-18-4-6-22-23(12-18)31-15-30-22/h3-6,11-13H,7-10,14-15H2,1-2H3,(H,25,26). The van der Waals surface area contributed by atoms with Gasteiger partial charge in [0.1, 0.15) is 5.69 Å². The molecule has 0 aliphatic carbocycles. The lowest BCUT2D eigenvalue weighted by Gasteiger charge is -2.34. The molecule has 160 valence electrons. The molecule has 0 spiro atoms. The number of nitrogens with zero attached hydrogens (tertiary/aromatic N) is 3. The lowest BCUT2D eigenvalue weighted by molar-refractivity contribution is 0.0622. The highest BCUT2D eigenvalue weighted by Crippen LogP contribution is 2.33. The summed E-state index contributed by atoms with van der Waals surface area (Å²) in [7, 11) is 0. The molecule has 1 amide bonds. The van der Waals surface area contributed by atoms with E-state index in [-0.39, 0.29) is 5.91 Å². The minimum Gasteiger partial charge on any atom is -0.454 e. The first-order valence-electron chi connectivity index (χ1n) is 10.6. The minimum atomic E-state index is 0.00578. The lowest BCUT2D eigenvalue weighted by Crippen LogP contribution is -2.48. The number of piperazine rings is 1. The molecule has 0 saturated carbocycles. The van der Waals surface area contributed by atoms with Crippen LogP contribution in [-0.4, -0.2) is 58.9 Å². The van der Waals surface area contributed by atoms with E-state index in [0.717, 1.165) is 48.0 Å². The summed E-state index contributed by atoms with van der Waals surface area (Å²) in [5.74, 6) is 1.62. The van der Waals surface area contributed by atoms with Crippen molar-refractivity contribution in [2.24, 2.45) is 0 Å². The Morgan fingerprint density at radius 2 is 1.81 bits per heavy atom. The summed E-state index contributed by atoms with van der Waals surface area (Å²) in [6.07, 6.45) is 0. The lowest BCUT2D eigenvalue weighted by atomic mass is 10.0. The fourth-order valence-electron chi connectivity index (χ4n) is 4.25. The fourth-order valence-corrected chi connectivity index (χ4v) is 4.25. The number of aryl methyl sites for hydroxylation is 2. The normalized spacial score (nSPS) is 16.0. The second-order valence-electron chi connectivity index (χ2n) is 8.24. The molecule has 7 nitrogen and oxygen atoms in total. The molecule has 3 aromatic rings. The Balaban J connectivity index is 1.20. The van der Waals surface area contributed by atoms with Crippen molar-refractivity contribution in [1.29, 1.82) is 0 Å². The first-order valence-corrected chi connectivity index (χ1v) is 10.6. The highest BCUT2D eigenvalue weighted by atomic mass is 16.7. The average Bonchev–Trinajstić information content (AvgIpc) is 3.43. The molecule has 1 aromatic heterocycles. The van der Waals surface area contributed by atoms with Crippen molar-refractivity contribution in [2.45, 2.75) is 20.4 Å². The zero-order valence-corrected chi connectivity index (χ0v) is 17.9. The molecule has 0 unspecified atom stereocenters. The van der Waals surface area contributed by atoms with Crippen molar-refractivity contribution in [3.63, 3.8) is 0 Å². The van der Waals surface area contributed by atoms with Crippen molar-refractivity contribution in [1.82, 2.24) is 20.0 Å². The number of benzene rings is 2. The SMILES string of the molecule is Cc1ccc(-c2cc(C(=O)N3CCN(Cc4ccc5c(c4)OCO5)CC3)[nH]n2)c(C)c1. The second-order valence-corrected chi connectivity index (χ2v) is 8.24. The number of hydrogen-bond acceptors (Lipinski definition) is 5. The van der Waals surface area contributed by atoms with Gasteiger partial charge in [0.2, 0.25) is 6.79 Å². The van der Waals surface area contributed by atoms with Crippen LogP contribution in [0.1, 0.15) is 27.2 Å². The maximum atomic E-state index is 13.0. The molecular weight excluding hydrogens is 392 g/mol. The van der Waals surface area contributed by atoms with Crippen molar-refractivity contribution >= 4 is 5.91 Å². The van der Waals surface area contributed by atoms with Gasteiger partial charge in [-0.2, -0.15) is 5.10 Å². The van der Waals surface area contributed by atoms with E-state index in [1.54, 1.807) is 0 Å². The summed E-state index contributed by atoms with van der Waals surface area (Å²) in [6.45, 7) is 8.32. The van der Waals surface area contributed by atoms with Gasteiger partial charge in [-0.3, -0.25) is 14.8 Å². The Labute approximate surface area is 181 Å². The van der Waals surface area contributed by atoms with Crippen LogP contribution in [0.4, 0.5) is 0 Å². The van der Waals surface area contributed by atoms with Gasteiger partial charge >= 0.3 is 0 Å². The zero-order valence-electron chi connectivity index (χ0n) is 17.9. The molecular formula is C24H26N4O3. The molecule has 1 fully saturated rings. The molecule has 2 aromatic carbocycles. The van der Waals surface area contributed by atoms with E-state index < -0.39 is 0 Å². The number of fused-ring (bicyclic) bond motifs is 1. The van der Waals surface area contributed by atoms with Crippen LogP contribution in [0.5, 0.6) is 11.5 Å². The number of carbonyl (C=O) groups is 1. The molecule has 2 aliphatic heterocycles. The van der Waals surface area contributed by atoms with Gasteiger partial charge < -0.3 is 14.4 Å². The summed E-state index contributed by atoms with van der Waals surface area (Å²) in [5.41, 5.74) is 5.96. The van der Waals surface area contributed by atoms with Gasteiger partial charge in [-0.15, -0.1) is 0 Å². The Kier molecular flexibility index (Phi) is 5.11. The highest BCUT2D eigenvalue weighted by molar-refractivity contribution is 5.93. The van der Waals surface area contributed by atoms with Crippen LogP contribution < -0.4 is 9.47 Å². The monoisotopic (exact) mass is 418 g/mol. The predicted molar refractivity (Wildman–Crippen MR) is 117 cm³/mol. The number of hydrogen-bond donors (Lipinski definition) is 1. The molecule has 0 radical (unpaired) electrons. The molecule has 0 atom stereocenters. The quantitative estimate of drug-likeness (QED) is 0.703. The van der Waals surface area contributed by atoms with Crippen LogP contribution in [0.15, 0.2) is 42.5 Å². The summed E-state index contributed by atoms with van der Waals surface area (Å²) >= 11 is 0. The molecule has 2 aliphatic rings. The summed E-state index contributed by atoms with van der Waals surface area (Å²) in [4.78, 5) is 17.2. The number of ether oxygens (including phenoxy) is 2. The third-order valence-corrected chi connectivity index (χ3v) is 5.97. The van der Waals surface area contributed by atoms with Crippen LogP contribution in [0.3, 0.4) is 0 Å². The summed E-state index contributed by atoms with van der Waals surface area (Å²) < 4.78 is 10.8. The van der Waals surface area contributed by atoms with Crippen LogP contribution in [-0.2, 0) is 6.54 Å². The number of amides is 1. The van der Waals surface area contributed by atoms with Crippen molar-refractivity contribution in [2.75, 3.05) is 33.0 Å². The molecule has 0 bridgehead atoms. The van der Waals surface area contributed by atoms with Crippen LogP contribution in [0, 0.1) is 13.8 Å². The van der Waals surface area contributed by atoms with Gasteiger partial charge in [0.05, 0.1) is 5.69 Å². The van der Waals surface area contributed by atoms with E-state index in [2.05, 4.69) is 53.2 Å². The topological polar surface area (TPSA) is 70.7 Å². The van der Waals surface area contributed by atoms with Gasteiger partial charge in [-0.1, -0.05) is 29.8 Å². The number of carbonyl (C=O) groups excluding carboxylic acids is 1. The van der Waals surface area contributed by atoms with E-state index in [9.17, 15) is 4.79 Å². The molecule has 5 rings (SSSR count). The summed E-state index contributed by atoms with van der Waals surface area (Å²) in [5, 5.41) is 7.32. The number of nitrogens with one attached hydrogen (secondary N) is 1. The first kappa shape index (κ1) is 19.6. The van der Waals surface area contributed by atoms with Crippen molar-refractivity contribution < 1.29 is 14.3 Å². The maximum Gasteiger partial charge on any atom is 0.271 e. The molecule has 31 heavy (non-hydrogen) atoms. The van der Waals surface area contributed by atoms with E-state index in [1.165, 1.54) is 11.1 Å². The first-order chi connectivity index (χ1) is 15.1.